The molecule has 2 amide bonds. The highest BCUT2D eigenvalue weighted by Gasteiger charge is 2.19. The number of rotatable bonds is 7. The fourth-order valence-electron chi connectivity index (χ4n) is 1.69. The molecule has 0 saturated carbocycles. The maximum atomic E-state index is 11.9. The van der Waals surface area contributed by atoms with Crippen LogP contribution in [0.25, 0.3) is 0 Å². The van der Waals surface area contributed by atoms with Gasteiger partial charge >= 0.3 is 18.0 Å². The number of carbonyl (C=O) groups excluding carboxylic acids is 1. The van der Waals surface area contributed by atoms with Crippen molar-refractivity contribution >= 4 is 23.7 Å². The number of hydrogen-bond donors (Lipinski definition) is 4. The molecule has 0 saturated heterocycles. The van der Waals surface area contributed by atoms with E-state index in [2.05, 4.69) is 10.6 Å². The second kappa shape index (κ2) is 7.85. The average molecular weight is 295 g/mol. The molecule has 0 aliphatic carbocycles. The fraction of sp³-hybridized carbons (Fsp3) is 0.308. The molecule has 21 heavy (non-hydrogen) atoms. The zero-order valence-electron chi connectivity index (χ0n) is 11.5. The Bertz CT molecular complexity index is 516. The van der Waals surface area contributed by atoms with E-state index in [1.165, 1.54) is 0 Å². The molecule has 1 aromatic carbocycles. The number of hydrogen-bond acceptors (Lipinski definition) is 4. The van der Waals surface area contributed by atoms with Gasteiger partial charge in [0.1, 0.15) is 13.1 Å². The summed E-state index contributed by atoms with van der Waals surface area (Å²) < 4.78 is 0. The van der Waals surface area contributed by atoms with Crippen LogP contribution >= 0.6 is 0 Å². The quantitative estimate of drug-likeness (QED) is 0.578. The first-order valence-electron chi connectivity index (χ1n) is 6.15. The normalized spacial score (nSPS) is 9.95. The first kappa shape index (κ1) is 16.4. The molecule has 0 fully saturated rings. The van der Waals surface area contributed by atoms with Gasteiger partial charge in [-0.25, -0.2) is 4.79 Å². The summed E-state index contributed by atoms with van der Waals surface area (Å²) in [5.41, 5.74) is 1.40. The third-order valence-electron chi connectivity index (χ3n) is 2.50. The van der Waals surface area contributed by atoms with Crippen LogP contribution in [0.3, 0.4) is 0 Å². The van der Waals surface area contributed by atoms with Crippen molar-refractivity contribution in [1.82, 2.24) is 10.2 Å². The summed E-state index contributed by atoms with van der Waals surface area (Å²) in [6.07, 6.45) is 0. The van der Waals surface area contributed by atoms with Gasteiger partial charge in [0.05, 0.1) is 0 Å². The molecule has 0 spiro atoms. The van der Waals surface area contributed by atoms with E-state index in [1.54, 1.807) is 25.2 Å². The number of carboxylic acids is 2. The molecule has 4 N–H and O–H groups in total. The molecule has 8 nitrogen and oxygen atoms in total. The number of carbonyl (C=O) groups is 3. The third kappa shape index (κ3) is 5.91. The summed E-state index contributed by atoms with van der Waals surface area (Å²) in [5.74, 6) is -2.56. The van der Waals surface area contributed by atoms with Crippen LogP contribution in [0.15, 0.2) is 24.3 Å². The van der Waals surface area contributed by atoms with Crippen molar-refractivity contribution < 1.29 is 24.6 Å². The lowest BCUT2D eigenvalue weighted by Gasteiger charge is -2.19. The Morgan fingerprint density at radius 2 is 1.76 bits per heavy atom. The predicted molar refractivity (Wildman–Crippen MR) is 75.1 cm³/mol. The maximum absolute atomic E-state index is 11.9. The first-order chi connectivity index (χ1) is 9.92. The molecule has 0 radical (unpaired) electrons. The van der Waals surface area contributed by atoms with Crippen molar-refractivity contribution in [3.05, 3.63) is 29.8 Å². The fourth-order valence-corrected chi connectivity index (χ4v) is 1.69. The van der Waals surface area contributed by atoms with Crippen LogP contribution in [-0.4, -0.2) is 53.2 Å². The van der Waals surface area contributed by atoms with Gasteiger partial charge in [-0.05, 0) is 24.7 Å². The Balaban J connectivity index is 2.77. The van der Waals surface area contributed by atoms with Crippen molar-refractivity contribution in [1.29, 1.82) is 0 Å². The number of aliphatic carboxylic acids is 2. The Hall–Kier alpha value is -2.61. The van der Waals surface area contributed by atoms with Gasteiger partial charge in [-0.15, -0.1) is 0 Å². The van der Waals surface area contributed by atoms with Crippen LogP contribution in [0, 0.1) is 0 Å². The highest BCUT2D eigenvalue weighted by molar-refractivity contribution is 5.93. The minimum absolute atomic E-state index is 0.466. The molecule has 0 aromatic heterocycles. The van der Waals surface area contributed by atoms with E-state index in [0.29, 0.717) is 17.1 Å². The minimum Gasteiger partial charge on any atom is -0.480 e. The van der Waals surface area contributed by atoms with Gasteiger partial charge in [0.15, 0.2) is 0 Å². The van der Waals surface area contributed by atoms with Crippen molar-refractivity contribution in [2.75, 3.05) is 25.5 Å². The molecule has 0 aliphatic heterocycles. The Labute approximate surface area is 121 Å². The Kier molecular flexibility index (Phi) is 6.15. The van der Waals surface area contributed by atoms with Crippen LogP contribution in [0.4, 0.5) is 10.5 Å². The SMILES string of the molecule is CNCc1cccc(NC(=O)N(CC(=O)O)CC(=O)O)c1. The second-order valence-electron chi connectivity index (χ2n) is 4.30. The van der Waals surface area contributed by atoms with E-state index >= 15 is 0 Å². The van der Waals surface area contributed by atoms with Gasteiger partial charge in [0, 0.05) is 12.2 Å². The van der Waals surface area contributed by atoms with E-state index in [4.69, 9.17) is 10.2 Å². The lowest BCUT2D eigenvalue weighted by atomic mass is 10.2. The first-order valence-corrected chi connectivity index (χ1v) is 6.15. The van der Waals surface area contributed by atoms with E-state index in [0.717, 1.165) is 5.56 Å². The van der Waals surface area contributed by atoms with E-state index in [9.17, 15) is 14.4 Å². The smallest absolute Gasteiger partial charge is 0.323 e. The van der Waals surface area contributed by atoms with E-state index < -0.39 is 31.1 Å². The molecular weight excluding hydrogens is 278 g/mol. The summed E-state index contributed by atoms with van der Waals surface area (Å²) in [7, 11) is 1.78. The highest BCUT2D eigenvalue weighted by atomic mass is 16.4. The number of amides is 2. The molecule has 1 rings (SSSR count). The molecule has 0 heterocycles. The molecule has 1 aromatic rings. The minimum atomic E-state index is -1.28. The van der Waals surface area contributed by atoms with Gasteiger partial charge in [-0.1, -0.05) is 12.1 Å². The van der Waals surface area contributed by atoms with Gasteiger partial charge in [-0.2, -0.15) is 0 Å². The Morgan fingerprint density at radius 1 is 1.14 bits per heavy atom. The van der Waals surface area contributed by atoms with Crippen molar-refractivity contribution in [3.63, 3.8) is 0 Å². The summed E-state index contributed by atoms with van der Waals surface area (Å²) in [6, 6.07) is 6.17. The van der Waals surface area contributed by atoms with Gasteiger partial charge in [0.25, 0.3) is 0 Å². The molecule has 0 unspecified atom stereocenters. The topological polar surface area (TPSA) is 119 Å². The zero-order chi connectivity index (χ0) is 15.8. The standard InChI is InChI=1S/C13H17N3O5/c1-14-6-9-3-2-4-10(5-9)15-13(21)16(7-11(17)18)8-12(19)20/h2-5,14H,6-8H2,1H3,(H,15,21)(H,17,18)(H,19,20). The molecule has 0 atom stereocenters. The second-order valence-corrected chi connectivity index (χ2v) is 4.30. The molecular formula is C13H17N3O5. The highest BCUT2D eigenvalue weighted by Crippen LogP contribution is 2.11. The van der Waals surface area contributed by atoms with Crippen LogP contribution in [0.2, 0.25) is 0 Å². The number of nitrogens with one attached hydrogen (secondary N) is 2. The Morgan fingerprint density at radius 3 is 2.29 bits per heavy atom. The number of anilines is 1. The third-order valence-corrected chi connectivity index (χ3v) is 2.50. The van der Waals surface area contributed by atoms with Crippen molar-refractivity contribution in [2.45, 2.75) is 6.54 Å². The van der Waals surface area contributed by atoms with Crippen LogP contribution < -0.4 is 10.6 Å². The zero-order valence-corrected chi connectivity index (χ0v) is 11.5. The summed E-state index contributed by atoms with van der Waals surface area (Å²) >= 11 is 0. The summed E-state index contributed by atoms with van der Waals surface area (Å²) in [4.78, 5) is 34.0. The number of carboxylic acid groups (broad SMARTS) is 2. The summed E-state index contributed by atoms with van der Waals surface area (Å²) in [6.45, 7) is -0.764. The number of benzene rings is 1. The molecule has 0 bridgehead atoms. The lowest BCUT2D eigenvalue weighted by Crippen LogP contribution is -2.41. The monoisotopic (exact) mass is 295 g/mol. The predicted octanol–water partition coefficient (Wildman–Crippen LogP) is 0.409. The van der Waals surface area contributed by atoms with Gasteiger partial charge in [0.2, 0.25) is 0 Å². The van der Waals surface area contributed by atoms with E-state index in [1.807, 2.05) is 6.07 Å². The lowest BCUT2D eigenvalue weighted by molar-refractivity contribution is -0.140. The average Bonchev–Trinajstić information content (AvgIpc) is 2.37. The van der Waals surface area contributed by atoms with Crippen molar-refractivity contribution in [3.8, 4) is 0 Å². The van der Waals surface area contributed by atoms with E-state index in [-0.39, 0.29) is 0 Å². The number of nitrogens with zero attached hydrogens (tertiary/aromatic N) is 1. The van der Waals surface area contributed by atoms with Crippen LogP contribution in [-0.2, 0) is 16.1 Å². The van der Waals surface area contributed by atoms with Crippen LogP contribution in [0.1, 0.15) is 5.56 Å². The summed E-state index contributed by atoms with van der Waals surface area (Å²) in [5, 5.41) is 22.9. The van der Waals surface area contributed by atoms with Crippen LogP contribution in [0.5, 0.6) is 0 Å². The largest absolute Gasteiger partial charge is 0.480 e. The maximum Gasteiger partial charge on any atom is 0.323 e. The number of urea groups is 1. The molecule has 114 valence electrons. The van der Waals surface area contributed by atoms with Gasteiger partial charge in [-0.3, -0.25) is 9.59 Å². The molecule has 0 aliphatic rings. The molecule has 8 heteroatoms. The van der Waals surface area contributed by atoms with Crippen molar-refractivity contribution in [2.24, 2.45) is 0 Å². The van der Waals surface area contributed by atoms with Gasteiger partial charge < -0.3 is 25.7 Å².